The quantitative estimate of drug-likeness (QED) is 0.585. The van der Waals surface area contributed by atoms with Crippen molar-refractivity contribution < 1.29 is 9.50 Å². The maximum absolute atomic E-state index is 13.9. The van der Waals surface area contributed by atoms with E-state index in [-0.39, 0.29) is 5.82 Å². The minimum atomic E-state index is -0.821. The Balaban J connectivity index is 2.18. The van der Waals surface area contributed by atoms with Gasteiger partial charge < -0.3 is 5.11 Å². The van der Waals surface area contributed by atoms with Crippen LogP contribution in [0.4, 0.5) is 4.39 Å². The van der Waals surface area contributed by atoms with Gasteiger partial charge in [-0.05, 0) is 34.7 Å². The molecule has 1 atom stereocenters. The van der Waals surface area contributed by atoms with Crippen LogP contribution in [0.3, 0.4) is 0 Å². The molecule has 0 aliphatic carbocycles. The number of fused-ring (bicyclic) bond motifs is 1. The summed E-state index contributed by atoms with van der Waals surface area (Å²) in [6.07, 6.45) is -0.821. The highest BCUT2D eigenvalue weighted by molar-refractivity contribution is 9.11. The lowest BCUT2D eigenvalue weighted by molar-refractivity contribution is 0.221. The molecule has 0 radical (unpaired) electrons. The molecule has 0 spiro atoms. The highest BCUT2D eigenvalue weighted by atomic mass is 79.9. The van der Waals surface area contributed by atoms with Crippen LogP contribution in [0, 0.1) is 5.82 Å². The zero-order valence-electron chi connectivity index (χ0n) is 10.9. The highest BCUT2D eigenvalue weighted by Gasteiger charge is 2.17. The van der Waals surface area contributed by atoms with Gasteiger partial charge in [0.05, 0.1) is 0 Å². The Bertz CT molecular complexity index is 817. The standard InChI is InChI=1S/C17H11Br2FO/c18-10-5-6-14(15(19)9-10)17(21)13-7-8-16(20)12-4-2-1-3-11(12)13/h1-9,17,21H. The Labute approximate surface area is 138 Å². The molecule has 0 fully saturated rings. The summed E-state index contributed by atoms with van der Waals surface area (Å²) in [7, 11) is 0. The van der Waals surface area contributed by atoms with Gasteiger partial charge in [0.1, 0.15) is 11.9 Å². The SMILES string of the molecule is OC(c1ccc(Br)cc1Br)c1ccc(F)c2ccccc12. The van der Waals surface area contributed by atoms with Gasteiger partial charge in [0.15, 0.2) is 0 Å². The third-order valence-electron chi connectivity index (χ3n) is 3.46. The van der Waals surface area contributed by atoms with Crippen molar-refractivity contribution in [3.63, 3.8) is 0 Å². The van der Waals surface area contributed by atoms with Gasteiger partial charge in [-0.3, -0.25) is 0 Å². The Morgan fingerprint density at radius 3 is 2.24 bits per heavy atom. The zero-order chi connectivity index (χ0) is 15.0. The average Bonchev–Trinajstić information content (AvgIpc) is 2.47. The van der Waals surface area contributed by atoms with Crippen LogP contribution < -0.4 is 0 Å². The summed E-state index contributed by atoms with van der Waals surface area (Å²) in [4.78, 5) is 0. The first-order chi connectivity index (χ1) is 10.1. The van der Waals surface area contributed by atoms with E-state index >= 15 is 0 Å². The third kappa shape index (κ3) is 2.76. The van der Waals surface area contributed by atoms with Gasteiger partial charge in [0, 0.05) is 14.3 Å². The first kappa shape index (κ1) is 14.7. The molecule has 0 aliphatic heterocycles. The van der Waals surface area contributed by atoms with Crippen molar-refractivity contribution in [3.05, 3.63) is 80.5 Å². The van der Waals surface area contributed by atoms with Crippen LogP contribution >= 0.6 is 31.9 Å². The molecule has 0 bridgehead atoms. The second-order valence-electron chi connectivity index (χ2n) is 4.75. The summed E-state index contributed by atoms with van der Waals surface area (Å²) in [5, 5.41) is 11.9. The fourth-order valence-electron chi connectivity index (χ4n) is 2.41. The van der Waals surface area contributed by atoms with Crippen molar-refractivity contribution in [2.24, 2.45) is 0 Å². The van der Waals surface area contributed by atoms with Gasteiger partial charge in [-0.1, -0.05) is 68.3 Å². The van der Waals surface area contributed by atoms with Crippen molar-refractivity contribution in [2.45, 2.75) is 6.10 Å². The third-order valence-corrected chi connectivity index (χ3v) is 4.64. The fourth-order valence-corrected chi connectivity index (χ4v) is 3.68. The monoisotopic (exact) mass is 408 g/mol. The van der Waals surface area contributed by atoms with Gasteiger partial charge in [-0.2, -0.15) is 0 Å². The second kappa shape index (κ2) is 5.87. The van der Waals surface area contributed by atoms with E-state index in [2.05, 4.69) is 31.9 Å². The van der Waals surface area contributed by atoms with E-state index < -0.39 is 6.10 Å². The van der Waals surface area contributed by atoms with E-state index in [1.165, 1.54) is 6.07 Å². The molecular weight excluding hydrogens is 399 g/mol. The predicted octanol–water partition coefficient (Wildman–Crippen LogP) is 5.59. The number of aliphatic hydroxyl groups is 1. The molecule has 3 rings (SSSR count). The number of hydrogen-bond donors (Lipinski definition) is 1. The lowest BCUT2D eigenvalue weighted by Crippen LogP contribution is -2.02. The van der Waals surface area contributed by atoms with Crippen LogP contribution in [0.25, 0.3) is 10.8 Å². The van der Waals surface area contributed by atoms with Gasteiger partial charge >= 0.3 is 0 Å². The average molecular weight is 410 g/mol. The number of benzene rings is 3. The fraction of sp³-hybridized carbons (Fsp3) is 0.0588. The smallest absolute Gasteiger partial charge is 0.131 e. The molecule has 1 nitrogen and oxygen atoms in total. The van der Waals surface area contributed by atoms with Crippen LogP contribution in [-0.2, 0) is 0 Å². The molecule has 0 saturated carbocycles. The predicted molar refractivity (Wildman–Crippen MR) is 89.8 cm³/mol. The van der Waals surface area contributed by atoms with Gasteiger partial charge in [0.25, 0.3) is 0 Å². The first-order valence-electron chi connectivity index (χ1n) is 6.38. The van der Waals surface area contributed by atoms with Crippen LogP contribution in [0.5, 0.6) is 0 Å². The maximum Gasteiger partial charge on any atom is 0.131 e. The topological polar surface area (TPSA) is 20.2 Å². The summed E-state index contributed by atoms with van der Waals surface area (Å²) in [6.45, 7) is 0. The summed E-state index contributed by atoms with van der Waals surface area (Å²) >= 11 is 6.85. The van der Waals surface area contributed by atoms with Crippen LogP contribution in [0.15, 0.2) is 63.5 Å². The number of halogens is 3. The molecule has 0 amide bonds. The first-order valence-corrected chi connectivity index (χ1v) is 7.96. The van der Waals surface area contributed by atoms with E-state index in [0.29, 0.717) is 10.9 Å². The summed E-state index contributed by atoms with van der Waals surface area (Å²) in [5.41, 5.74) is 1.44. The molecule has 0 aliphatic rings. The van der Waals surface area contributed by atoms with Crippen molar-refractivity contribution in [1.82, 2.24) is 0 Å². The minimum Gasteiger partial charge on any atom is -0.384 e. The number of hydrogen-bond acceptors (Lipinski definition) is 1. The van der Waals surface area contributed by atoms with Crippen molar-refractivity contribution in [1.29, 1.82) is 0 Å². The van der Waals surface area contributed by atoms with Crippen molar-refractivity contribution in [3.8, 4) is 0 Å². The van der Waals surface area contributed by atoms with Crippen LogP contribution in [0.1, 0.15) is 17.2 Å². The highest BCUT2D eigenvalue weighted by Crippen LogP contribution is 2.34. The molecule has 21 heavy (non-hydrogen) atoms. The minimum absolute atomic E-state index is 0.281. The molecule has 4 heteroatoms. The number of rotatable bonds is 2. The van der Waals surface area contributed by atoms with Gasteiger partial charge in [-0.15, -0.1) is 0 Å². The Kier molecular flexibility index (Phi) is 4.11. The molecule has 1 unspecified atom stereocenters. The summed E-state index contributed by atoms with van der Waals surface area (Å²) < 4.78 is 15.6. The maximum atomic E-state index is 13.9. The molecule has 0 heterocycles. The molecule has 0 aromatic heterocycles. The van der Waals surface area contributed by atoms with Crippen LogP contribution in [-0.4, -0.2) is 5.11 Å². The second-order valence-corrected chi connectivity index (χ2v) is 6.52. The Morgan fingerprint density at radius 1 is 0.857 bits per heavy atom. The van der Waals surface area contributed by atoms with Gasteiger partial charge in [0.2, 0.25) is 0 Å². The molecule has 0 saturated heterocycles. The molecule has 106 valence electrons. The lowest BCUT2D eigenvalue weighted by atomic mass is 9.95. The molecule has 1 N–H and O–H groups in total. The molecule has 3 aromatic rings. The number of aliphatic hydroxyl groups excluding tert-OH is 1. The molecular formula is C17H11Br2FO. The molecule has 3 aromatic carbocycles. The van der Waals surface area contributed by atoms with E-state index in [1.807, 2.05) is 30.3 Å². The van der Waals surface area contributed by atoms with E-state index in [0.717, 1.165) is 19.9 Å². The van der Waals surface area contributed by atoms with Crippen LogP contribution in [0.2, 0.25) is 0 Å². The van der Waals surface area contributed by atoms with E-state index in [1.54, 1.807) is 18.2 Å². The van der Waals surface area contributed by atoms with Crippen molar-refractivity contribution >= 4 is 42.6 Å². The lowest BCUT2D eigenvalue weighted by Gasteiger charge is -2.16. The normalized spacial score (nSPS) is 12.6. The zero-order valence-corrected chi connectivity index (χ0v) is 14.0. The van der Waals surface area contributed by atoms with E-state index in [4.69, 9.17) is 0 Å². The van der Waals surface area contributed by atoms with Gasteiger partial charge in [-0.25, -0.2) is 4.39 Å². The summed E-state index contributed by atoms with van der Waals surface area (Å²) in [5.74, 6) is -0.281. The Morgan fingerprint density at radius 2 is 1.52 bits per heavy atom. The summed E-state index contributed by atoms with van der Waals surface area (Å²) in [6, 6.07) is 15.8. The largest absolute Gasteiger partial charge is 0.384 e. The van der Waals surface area contributed by atoms with Crippen molar-refractivity contribution in [2.75, 3.05) is 0 Å². The Hall–Kier alpha value is -1.23. The van der Waals surface area contributed by atoms with E-state index in [9.17, 15) is 9.50 Å².